The van der Waals surface area contributed by atoms with Crippen LogP contribution in [0.4, 0.5) is 0 Å². The van der Waals surface area contributed by atoms with E-state index in [1.165, 1.54) is 11.9 Å². The van der Waals surface area contributed by atoms with Gasteiger partial charge in [0.2, 0.25) is 0 Å². The smallest absolute Gasteiger partial charge is 0.261 e. The normalized spacial score (nSPS) is 10.9. The Hall–Kier alpha value is -2.43. The molecule has 5 heteroatoms. The van der Waals surface area contributed by atoms with Crippen molar-refractivity contribution in [1.29, 1.82) is 0 Å². The minimum Gasteiger partial charge on any atom is -0.312 e. The lowest BCUT2D eigenvalue weighted by Gasteiger charge is -2.00. The Labute approximate surface area is 103 Å². The third-order valence-electron chi connectivity index (χ3n) is 2.84. The van der Waals surface area contributed by atoms with Crippen LogP contribution in [0, 0.1) is 0 Å². The molecule has 90 valence electrons. The first-order chi connectivity index (χ1) is 8.83. The highest BCUT2D eigenvalue weighted by Gasteiger charge is 2.04. The van der Waals surface area contributed by atoms with Crippen LogP contribution in [0.15, 0.2) is 47.7 Å². The largest absolute Gasteiger partial charge is 0.312 e. The van der Waals surface area contributed by atoms with Gasteiger partial charge in [-0.2, -0.15) is 5.10 Å². The van der Waals surface area contributed by atoms with Gasteiger partial charge in [0.05, 0.1) is 6.33 Å². The van der Waals surface area contributed by atoms with Gasteiger partial charge < -0.3 is 4.98 Å². The maximum absolute atomic E-state index is 11.5. The van der Waals surface area contributed by atoms with Crippen molar-refractivity contribution in [3.05, 3.63) is 58.8 Å². The lowest BCUT2D eigenvalue weighted by atomic mass is 10.1. The minimum absolute atomic E-state index is 0.147. The third kappa shape index (κ3) is 2.02. The van der Waals surface area contributed by atoms with Crippen LogP contribution < -0.4 is 5.56 Å². The van der Waals surface area contributed by atoms with E-state index in [2.05, 4.69) is 27.2 Å². The molecule has 5 nitrogen and oxygen atoms in total. The highest BCUT2D eigenvalue weighted by Crippen LogP contribution is 2.05. The Morgan fingerprint density at radius 3 is 2.83 bits per heavy atom. The van der Waals surface area contributed by atoms with E-state index in [0.717, 1.165) is 13.0 Å². The molecule has 0 atom stereocenters. The minimum atomic E-state index is -0.147. The molecule has 1 aromatic carbocycles. The van der Waals surface area contributed by atoms with Crippen LogP contribution in [-0.2, 0) is 13.0 Å². The molecule has 1 N–H and O–H groups in total. The Bertz CT molecular complexity index is 714. The molecule has 0 spiro atoms. The number of aromatic amines is 1. The summed E-state index contributed by atoms with van der Waals surface area (Å²) in [5.74, 6) is 0. The third-order valence-corrected chi connectivity index (χ3v) is 2.84. The molecule has 2 aromatic heterocycles. The first-order valence-corrected chi connectivity index (χ1v) is 5.78. The molecule has 0 amide bonds. The summed E-state index contributed by atoms with van der Waals surface area (Å²) in [6, 6.07) is 10.2. The second kappa shape index (κ2) is 4.44. The zero-order chi connectivity index (χ0) is 12.4. The summed E-state index contributed by atoms with van der Waals surface area (Å²) in [6.07, 6.45) is 4.00. The number of benzene rings is 1. The molecule has 0 saturated heterocycles. The van der Waals surface area contributed by atoms with Crippen molar-refractivity contribution >= 4 is 11.0 Å². The summed E-state index contributed by atoms with van der Waals surface area (Å²) in [6.45, 7) is 0.736. The maximum atomic E-state index is 11.5. The van der Waals surface area contributed by atoms with Gasteiger partial charge in [0.15, 0.2) is 5.65 Å². The van der Waals surface area contributed by atoms with Crippen LogP contribution >= 0.6 is 0 Å². The number of fused-ring (bicyclic) bond motifs is 1. The van der Waals surface area contributed by atoms with Crippen LogP contribution in [0.5, 0.6) is 0 Å². The van der Waals surface area contributed by atoms with E-state index in [4.69, 9.17) is 0 Å². The number of rotatable bonds is 3. The van der Waals surface area contributed by atoms with Gasteiger partial charge in [-0.25, -0.2) is 4.98 Å². The van der Waals surface area contributed by atoms with Crippen molar-refractivity contribution in [2.75, 3.05) is 0 Å². The first-order valence-electron chi connectivity index (χ1n) is 5.78. The van der Waals surface area contributed by atoms with E-state index in [9.17, 15) is 4.79 Å². The SMILES string of the molecule is O=c1[nH]cnc2nn(CCc3ccccc3)cc12. The van der Waals surface area contributed by atoms with Gasteiger partial charge in [-0.05, 0) is 12.0 Å². The van der Waals surface area contributed by atoms with E-state index >= 15 is 0 Å². The fourth-order valence-corrected chi connectivity index (χ4v) is 1.90. The molecule has 18 heavy (non-hydrogen) atoms. The number of H-pyrrole nitrogens is 1. The zero-order valence-corrected chi connectivity index (χ0v) is 9.71. The number of aromatic nitrogens is 4. The monoisotopic (exact) mass is 240 g/mol. The molecule has 0 bridgehead atoms. The van der Waals surface area contributed by atoms with Crippen LogP contribution in [-0.4, -0.2) is 19.7 Å². The summed E-state index contributed by atoms with van der Waals surface area (Å²) in [7, 11) is 0. The molecule has 0 aliphatic rings. The molecule has 0 fully saturated rings. The molecule has 0 aliphatic carbocycles. The second-order valence-electron chi connectivity index (χ2n) is 4.10. The summed E-state index contributed by atoms with van der Waals surface area (Å²) in [5, 5.41) is 4.81. The van der Waals surface area contributed by atoms with Crippen LogP contribution in [0.25, 0.3) is 11.0 Å². The first kappa shape index (κ1) is 10.7. The van der Waals surface area contributed by atoms with Crippen LogP contribution in [0.1, 0.15) is 5.56 Å². The number of hydrogen-bond donors (Lipinski definition) is 1. The van der Waals surface area contributed by atoms with E-state index in [0.29, 0.717) is 11.0 Å². The Balaban J connectivity index is 1.83. The summed E-state index contributed by atoms with van der Waals surface area (Å²) in [5.41, 5.74) is 1.59. The van der Waals surface area contributed by atoms with E-state index in [1.807, 2.05) is 18.2 Å². The Kier molecular flexibility index (Phi) is 2.64. The molecular formula is C13H12N4O. The number of aryl methyl sites for hydroxylation is 2. The molecule has 0 radical (unpaired) electrons. The molecule has 0 saturated carbocycles. The van der Waals surface area contributed by atoms with Gasteiger partial charge in [0, 0.05) is 12.7 Å². The fraction of sp³-hybridized carbons (Fsp3) is 0.154. The molecule has 0 aliphatic heterocycles. The highest BCUT2D eigenvalue weighted by molar-refractivity contribution is 5.71. The van der Waals surface area contributed by atoms with E-state index < -0.39 is 0 Å². The molecular weight excluding hydrogens is 228 g/mol. The van der Waals surface area contributed by atoms with Gasteiger partial charge >= 0.3 is 0 Å². The van der Waals surface area contributed by atoms with Gasteiger partial charge in [0.1, 0.15) is 5.39 Å². The predicted octanol–water partition coefficient (Wildman–Crippen LogP) is 1.36. The molecule has 0 unspecified atom stereocenters. The van der Waals surface area contributed by atoms with Crippen molar-refractivity contribution in [2.45, 2.75) is 13.0 Å². The lowest BCUT2D eigenvalue weighted by Crippen LogP contribution is -2.04. The zero-order valence-electron chi connectivity index (χ0n) is 9.71. The quantitative estimate of drug-likeness (QED) is 0.751. The van der Waals surface area contributed by atoms with Gasteiger partial charge in [0.25, 0.3) is 5.56 Å². The lowest BCUT2D eigenvalue weighted by molar-refractivity contribution is 0.620. The fourth-order valence-electron chi connectivity index (χ4n) is 1.90. The predicted molar refractivity (Wildman–Crippen MR) is 68.3 cm³/mol. The van der Waals surface area contributed by atoms with E-state index in [-0.39, 0.29) is 5.56 Å². The Morgan fingerprint density at radius 2 is 2.06 bits per heavy atom. The van der Waals surface area contributed by atoms with Crippen molar-refractivity contribution in [1.82, 2.24) is 19.7 Å². The highest BCUT2D eigenvalue weighted by atomic mass is 16.1. The van der Waals surface area contributed by atoms with E-state index in [1.54, 1.807) is 10.9 Å². The summed E-state index contributed by atoms with van der Waals surface area (Å²) < 4.78 is 1.76. The number of nitrogens with one attached hydrogen (secondary N) is 1. The van der Waals surface area contributed by atoms with Gasteiger partial charge in [-0.15, -0.1) is 0 Å². The van der Waals surface area contributed by atoms with Crippen molar-refractivity contribution in [3.8, 4) is 0 Å². The Morgan fingerprint density at radius 1 is 1.22 bits per heavy atom. The van der Waals surface area contributed by atoms with Crippen molar-refractivity contribution in [2.24, 2.45) is 0 Å². The van der Waals surface area contributed by atoms with Gasteiger partial charge in [-0.1, -0.05) is 30.3 Å². The second-order valence-corrected chi connectivity index (χ2v) is 4.10. The topological polar surface area (TPSA) is 63.6 Å². The standard InChI is InChI=1S/C13H12N4O/c18-13-11-8-17(16-12(11)14-9-15-13)7-6-10-4-2-1-3-5-10/h1-5,8-9H,6-7H2,(H,14,15,16,18). The molecule has 3 aromatic rings. The van der Waals surface area contributed by atoms with Crippen LogP contribution in [0.2, 0.25) is 0 Å². The summed E-state index contributed by atoms with van der Waals surface area (Å²) >= 11 is 0. The van der Waals surface area contributed by atoms with Crippen molar-refractivity contribution < 1.29 is 0 Å². The summed E-state index contributed by atoms with van der Waals surface area (Å²) in [4.78, 5) is 18.1. The number of nitrogens with zero attached hydrogens (tertiary/aromatic N) is 3. The molecule has 3 rings (SSSR count). The number of hydrogen-bond acceptors (Lipinski definition) is 3. The van der Waals surface area contributed by atoms with Crippen molar-refractivity contribution in [3.63, 3.8) is 0 Å². The average Bonchev–Trinajstić information content (AvgIpc) is 2.82. The maximum Gasteiger partial charge on any atom is 0.261 e. The molecule has 2 heterocycles. The van der Waals surface area contributed by atoms with Gasteiger partial charge in [-0.3, -0.25) is 9.48 Å². The average molecular weight is 240 g/mol. The van der Waals surface area contributed by atoms with Crippen LogP contribution in [0.3, 0.4) is 0 Å².